The molecule has 4 heteroatoms. The quantitative estimate of drug-likeness (QED) is 0.605. The molecule has 0 aromatic heterocycles. The number of aliphatic hydroxyl groups is 2. The number of rotatable bonds is 11. The highest BCUT2D eigenvalue weighted by molar-refractivity contribution is 5.14. The first-order valence-corrected chi connectivity index (χ1v) is 9.01. The standard InChI is InChI=1S/C22H28O4/c1-2-3-14-21(25-16-18-10-6-4-7-11-18)22(20(24)15-23)26-17-19-12-8-5-9-13-19/h3-14,20-24H,2,15-17H2,1H3/b14-3+/t20-,21-,22-/m1/s1. The monoisotopic (exact) mass is 356 g/mol. The van der Waals surface area contributed by atoms with E-state index in [1.165, 1.54) is 0 Å². The smallest absolute Gasteiger partial charge is 0.116 e. The van der Waals surface area contributed by atoms with Gasteiger partial charge in [-0.15, -0.1) is 0 Å². The zero-order valence-electron chi connectivity index (χ0n) is 15.2. The summed E-state index contributed by atoms with van der Waals surface area (Å²) in [5, 5.41) is 19.7. The minimum Gasteiger partial charge on any atom is -0.394 e. The van der Waals surface area contributed by atoms with Crippen molar-refractivity contribution in [1.82, 2.24) is 0 Å². The SMILES string of the molecule is CC/C=C/[C@@H](OCc1ccccc1)[C@H](OCc1ccccc1)[C@H](O)CO. The molecule has 2 aromatic carbocycles. The Kier molecular flexibility index (Phi) is 9.07. The first-order chi connectivity index (χ1) is 12.7. The van der Waals surface area contributed by atoms with Crippen LogP contribution in [-0.2, 0) is 22.7 Å². The van der Waals surface area contributed by atoms with Crippen molar-refractivity contribution < 1.29 is 19.7 Å². The van der Waals surface area contributed by atoms with E-state index in [1.54, 1.807) is 0 Å². The molecule has 0 fully saturated rings. The summed E-state index contributed by atoms with van der Waals surface area (Å²) in [6.45, 7) is 2.40. The molecule has 0 aliphatic carbocycles. The Morgan fingerprint density at radius 2 is 1.42 bits per heavy atom. The lowest BCUT2D eigenvalue weighted by atomic mass is 10.1. The van der Waals surface area contributed by atoms with Gasteiger partial charge in [-0.1, -0.05) is 79.7 Å². The van der Waals surface area contributed by atoms with Gasteiger partial charge in [-0.05, 0) is 17.5 Å². The first kappa shape index (κ1) is 20.3. The second kappa shape index (κ2) is 11.6. The summed E-state index contributed by atoms with van der Waals surface area (Å²) in [4.78, 5) is 0. The summed E-state index contributed by atoms with van der Waals surface area (Å²) in [5.41, 5.74) is 2.05. The van der Waals surface area contributed by atoms with Crippen LogP contribution in [0.25, 0.3) is 0 Å². The molecule has 26 heavy (non-hydrogen) atoms. The first-order valence-electron chi connectivity index (χ1n) is 9.01. The Morgan fingerprint density at radius 3 is 1.92 bits per heavy atom. The molecule has 2 aromatic rings. The Bertz CT molecular complexity index is 627. The minimum absolute atomic E-state index is 0.341. The van der Waals surface area contributed by atoms with Crippen LogP contribution in [0.4, 0.5) is 0 Å². The van der Waals surface area contributed by atoms with Crippen LogP contribution in [0.2, 0.25) is 0 Å². The average Bonchev–Trinajstić information content (AvgIpc) is 2.70. The largest absolute Gasteiger partial charge is 0.394 e. The maximum atomic E-state index is 10.3. The van der Waals surface area contributed by atoms with E-state index in [-0.39, 0.29) is 6.61 Å². The minimum atomic E-state index is -1.03. The fraction of sp³-hybridized carbons (Fsp3) is 0.364. The third-order valence-electron chi connectivity index (χ3n) is 4.02. The van der Waals surface area contributed by atoms with Crippen molar-refractivity contribution >= 4 is 0 Å². The molecule has 2 N–H and O–H groups in total. The lowest BCUT2D eigenvalue weighted by molar-refractivity contribution is -0.126. The van der Waals surface area contributed by atoms with Crippen molar-refractivity contribution in [1.29, 1.82) is 0 Å². The summed E-state index contributed by atoms with van der Waals surface area (Å²) in [7, 11) is 0. The van der Waals surface area contributed by atoms with Gasteiger partial charge in [0.25, 0.3) is 0 Å². The summed E-state index contributed by atoms with van der Waals surface area (Å²) in [6, 6.07) is 19.6. The van der Waals surface area contributed by atoms with Crippen molar-refractivity contribution in [2.24, 2.45) is 0 Å². The van der Waals surface area contributed by atoms with E-state index < -0.39 is 18.3 Å². The molecule has 0 aliphatic rings. The van der Waals surface area contributed by atoms with Gasteiger partial charge in [-0.25, -0.2) is 0 Å². The number of ether oxygens (including phenoxy) is 2. The Morgan fingerprint density at radius 1 is 0.885 bits per heavy atom. The van der Waals surface area contributed by atoms with Crippen LogP contribution in [0.3, 0.4) is 0 Å². The highest BCUT2D eigenvalue weighted by Crippen LogP contribution is 2.16. The predicted molar refractivity (Wildman–Crippen MR) is 103 cm³/mol. The second-order valence-corrected chi connectivity index (χ2v) is 6.11. The molecule has 0 unspecified atom stereocenters. The van der Waals surface area contributed by atoms with E-state index in [9.17, 15) is 10.2 Å². The summed E-state index contributed by atoms with van der Waals surface area (Å²) < 4.78 is 12.0. The van der Waals surface area contributed by atoms with Crippen molar-refractivity contribution in [3.63, 3.8) is 0 Å². The van der Waals surface area contributed by atoms with Gasteiger partial charge in [0.1, 0.15) is 18.3 Å². The molecule has 0 saturated carbocycles. The van der Waals surface area contributed by atoms with Crippen LogP contribution in [-0.4, -0.2) is 35.1 Å². The molecule has 3 atom stereocenters. The van der Waals surface area contributed by atoms with Crippen molar-refractivity contribution in [3.05, 3.63) is 83.9 Å². The normalized spacial score (nSPS) is 15.0. The van der Waals surface area contributed by atoms with E-state index in [1.807, 2.05) is 79.7 Å². The maximum absolute atomic E-state index is 10.3. The molecule has 0 spiro atoms. The summed E-state index contributed by atoms with van der Waals surface area (Å²) >= 11 is 0. The summed E-state index contributed by atoms with van der Waals surface area (Å²) in [5.74, 6) is 0. The maximum Gasteiger partial charge on any atom is 0.116 e. The second-order valence-electron chi connectivity index (χ2n) is 6.11. The zero-order valence-corrected chi connectivity index (χ0v) is 15.2. The molecule has 0 aliphatic heterocycles. The van der Waals surface area contributed by atoms with Gasteiger partial charge in [0.15, 0.2) is 0 Å². The molecule has 0 bridgehead atoms. The van der Waals surface area contributed by atoms with Crippen LogP contribution in [0, 0.1) is 0 Å². The van der Waals surface area contributed by atoms with Gasteiger partial charge in [-0.3, -0.25) is 0 Å². The Hall–Kier alpha value is -1.98. The Balaban J connectivity index is 2.08. The average molecular weight is 356 g/mol. The highest BCUT2D eigenvalue weighted by Gasteiger charge is 2.28. The highest BCUT2D eigenvalue weighted by atomic mass is 16.5. The molecule has 0 saturated heterocycles. The topological polar surface area (TPSA) is 58.9 Å². The molecule has 4 nitrogen and oxygen atoms in total. The van der Waals surface area contributed by atoms with Crippen molar-refractivity contribution in [2.75, 3.05) is 6.61 Å². The fourth-order valence-corrected chi connectivity index (χ4v) is 2.59. The molecule has 0 radical (unpaired) electrons. The number of aliphatic hydroxyl groups excluding tert-OH is 2. The molecule has 140 valence electrons. The van der Waals surface area contributed by atoms with Gasteiger partial charge >= 0.3 is 0 Å². The van der Waals surface area contributed by atoms with Crippen LogP contribution in [0.15, 0.2) is 72.8 Å². The van der Waals surface area contributed by atoms with Gasteiger partial charge in [0.2, 0.25) is 0 Å². The fourth-order valence-electron chi connectivity index (χ4n) is 2.59. The van der Waals surface area contributed by atoms with Crippen LogP contribution >= 0.6 is 0 Å². The van der Waals surface area contributed by atoms with Gasteiger partial charge in [0, 0.05) is 0 Å². The van der Waals surface area contributed by atoms with Crippen LogP contribution in [0.5, 0.6) is 0 Å². The summed E-state index contributed by atoms with van der Waals surface area (Å²) in [6.07, 6.45) is 2.59. The third-order valence-corrected chi connectivity index (χ3v) is 4.02. The molecular weight excluding hydrogens is 328 g/mol. The lowest BCUT2D eigenvalue weighted by Crippen LogP contribution is -2.42. The van der Waals surface area contributed by atoms with E-state index in [2.05, 4.69) is 0 Å². The number of allylic oxidation sites excluding steroid dienone is 1. The van der Waals surface area contributed by atoms with Crippen LogP contribution < -0.4 is 0 Å². The predicted octanol–water partition coefficient (Wildman–Crippen LogP) is 3.48. The van der Waals surface area contributed by atoms with Gasteiger partial charge in [-0.2, -0.15) is 0 Å². The zero-order chi connectivity index (χ0) is 18.6. The molecular formula is C22H28O4. The number of hydrogen-bond donors (Lipinski definition) is 2. The van der Waals surface area contributed by atoms with Crippen molar-refractivity contribution in [2.45, 2.75) is 44.9 Å². The Labute approximate surface area is 155 Å². The van der Waals surface area contributed by atoms with Crippen molar-refractivity contribution in [3.8, 4) is 0 Å². The molecule has 2 rings (SSSR count). The molecule has 0 amide bonds. The van der Waals surface area contributed by atoms with Gasteiger partial charge in [0.05, 0.1) is 19.8 Å². The van der Waals surface area contributed by atoms with E-state index in [0.29, 0.717) is 13.2 Å². The van der Waals surface area contributed by atoms with E-state index in [0.717, 1.165) is 17.5 Å². The third kappa shape index (κ3) is 6.73. The van der Waals surface area contributed by atoms with E-state index >= 15 is 0 Å². The lowest BCUT2D eigenvalue weighted by Gasteiger charge is -2.28. The van der Waals surface area contributed by atoms with E-state index in [4.69, 9.17) is 9.47 Å². The number of hydrogen-bond acceptors (Lipinski definition) is 4. The number of benzene rings is 2. The molecule has 0 heterocycles. The van der Waals surface area contributed by atoms with Crippen LogP contribution in [0.1, 0.15) is 24.5 Å². The van der Waals surface area contributed by atoms with Gasteiger partial charge < -0.3 is 19.7 Å².